The Hall–Kier alpha value is -0.940. The predicted molar refractivity (Wildman–Crippen MR) is 77.5 cm³/mol. The summed E-state index contributed by atoms with van der Waals surface area (Å²) in [5, 5.41) is -0.301. The van der Waals surface area contributed by atoms with E-state index >= 15 is 0 Å². The number of halogens is 2. The van der Waals surface area contributed by atoms with E-state index in [-0.39, 0.29) is 16.4 Å². The van der Waals surface area contributed by atoms with Crippen LogP contribution in [0.4, 0.5) is 4.39 Å². The van der Waals surface area contributed by atoms with Crippen LogP contribution in [0.2, 0.25) is 0 Å². The van der Waals surface area contributed by atoms with Crippen LogP contribution in [0.3, 0.4) is 0 Å². The number of fused-ring (bicyclic) bond motifs is 1. The summed E-state index contributed by atoms with van der Waals surface area (Å²) in [6, 6.07) is 4.48. The molecule has 1 heterocycles. The minimum atomic E-state index is -0.930. The number of benzene rings is 1. The van der Waals surface area contributed by atoms with Crippen LogP contribution < -0.4 is 0 Å². The van der Waals surface area contributed by atoms with Gasteiger partial charge in [0.2, 0.25) is 0 Å². The number of hydrogen-bond donors (Lipinski definition) is 0. The molecule has 2 rings (SSSR count). The second-order valence-corrected chi connectivity index (χ2v) is 7.10. The highest BCUT2D eigenvalue weighted by molar-refractivity contribution is 7.84. The lowest BCUT2D eigenvalue weighted by molar-refractivity contribution is 0.627. The molecule has 3 nitrogen and oxygen atoms in total. The van der Waals surface area contributed by atoms with E-state index in [1.165, 1.54) is 12.1 Å². The molecule has 0 saturated heterocycles. The number of imidazole rings is 1. The van der Waals surface area contributed by atoms with Crippen LogP contribution in [-0.2, 0) is 17.3 Å². The summed E-state index contributed by atoms with van der Waals surface area (Å²) in [4.78, 5) is 4.38. The van der Waals surface area contributed by atoms with Crippen LogP contribution in [0, 0.1) is 5.82 Å². The number of hydrogen-bond acceptors (Lipinski definition) is 2. The Labute approximate surface area is 119 Å². The van der Waals surface area contributed by atoms with E-state index < -0.39 is 10.8 Å². The summed E-state index contributed by atoms with van der Waals surface area (Å²) in [5.41, 5.74) is 1.40. The third kappa shape index (κ3) is 2.98. The number of alkyl halides is 1. The van der Waals surface area contributed by atoms with Gasteiger partial charge in [0.1, 0.15) is 11.6 Å². The minimum absolute atomic E-state index is 0.0170. The van der Waals surface area contributed by atoms with Crippen molar-refractivity contribution in [2.24, 2.45) is 0 Å². The lowest BCUT2D eigenvalue weighted by Crippen LogP contribution is -2.19. The highest BCUT2D eigenvalue weighted by Crippen LogP contribution is 2.25. The van der Waals surface area contributed by atoms with Gasteiger partial charge >= 0.3 is 0 Å². The molecule has 104 valence electrons. The topological polar surface area (TPSA) is 34.9 Å². The van der Waals surface area contributed by atoms with Gasteiger partial charge in [-0.3, -0.25) is 4.21 Å². The smallest absolute Gasteiger partial charge is 0.127 e. The van der Waals surface area contributed by atoms with Gasteiger partial charge in [0.05, 0.1) is 16.4 Å². The zero-order valence-corrected chi connectivity index (χ0v) is 12.6. The summed E-state index contributed by atoms with van der Waals surface area (Å²) in [5.74, 6) is 0.359. The SMILES string of the molecule is CC(Cl)c1nc2cc(F)ccc2n1CC(C)S(C)=O. The van der Waals surface area contributed by atoms with Crippen LogP contribution >= 0.6 is 11.6 Å². The summed E-state index contributed by atoms with van der Waals surface area (Å²) in [6.45, 7) is 4.29. The van der Waals surface area contributed by atoms with Crippen molar-refractivity contribution >= 4 is 33.4 Å². The molecule has 19 heavy (non-hydrogen) atoms. The highest BCUT2D eigenvalue weighted by atomic mass is 35.5. The Morgan fingerprint density at radius 3 is 2.74 bits per heavy atom. The Kier molecular flexibility index (Phi) is 4.26. The molecule has 0 amide bonds. The average Bonchev–Trinajstić information content (AvgIpc) is 2.67. The Morgan fingerprint density at radius 1 is 1.47 bits per heavy atom. The maximum Gasteiger partial charge on any atom is 0.127 e. The van der Waals surface area contributed by atoms with Crippen molar-refractivity contribution in [2.75, 3.05) is 6.26 Å². The molecule has 0 radical (unpaired) electrons. The monoisotopic (exact) mass is 302 g/mol. The first-order valence-electron chi connectivity index (χ1n) is 6.02. The van der Waals surface area contributed by atoms with Crippen LogP contribution in [0.5, 0.6) is 0 Å². The Morgan fingerprint density at radius 2 is 2.16 bits per heavy atom. The zero-order valence-electron chi connectivity index (χ0n) is 11.1. The number of rotatable bonds is 4. The van der Waals surface area contributed by atoms with Gasteiger partial charge in [0.25, 0.3) is 0 Å². The van der Waals surface area contributed by atoms with Crippen molar-refractivity contribution in [1.82, 2.24) is 9.55 Å². The van der Waals surface area contributed by atoms with Gasteiger partial charge in [-0.2, -0.15) is 0 Å². The molecular weight excluding hydrogens is 287 g/mol. The average molecular weight is 303 g/mol. The summed E-state index contributed by atoms with van der Waals surface area (Å²) >= 11 is 6.13. The third-order valence-electron chi connectivity index (χ3n) is 3.10. The van der Waals surface area contributed by atoms with Crippen molar-refractivity contribution < 1.29 is 8.60 Å². The number of nitrogens with zero attached hydrogens (tertiary/aromatic N) is 2. The molecule has 0 aliphatic rings. The van der Waals surface area contributed by atoms with E-state index in [1.807, 2.05) is 18.4 Å². The van der Waals surface area contributed by atoms with Crippen LogP contribution in [0.25, 0.3) is 11.0 Å². The molecule has 1 aromatic carbocycles. The van der Waals surface area contributed by atoms with E-state index in [0.717, 1.165) is 5.52 Å². The molecule has 0 saturated carbocycles. The van der Waals surface area contributed by atoms with Crippen molar-refractivity contribution in [3.63, 3.8) is 0 Å². The first-order valence-corrected chi connectivity index (χ1v) is 8.08. The number of aromatic nitrogens is 2. The van der Waals surface area contributed by atoms with E-state index in [4.69, 9.17) is 11.6 Å². The standard InChI is InChI=1S/C13H16ClFN2OS/c1-8(19(3)18)7-17-12-5-4-10(15)6-11(12)16-13(17)9(2)14/h4-6,8-9H,7H2,1-3H3. The van der Waals surface area contributed by atoms with Crippen molar-refractivity contribution in [3.05, 3.63) is 29.8 Å². The van der Waals surface area contributed by atoms with Gasteiger partial charge in [-0.1, -0.05) is 0 Å². The van der Waals surface area contributed by atoms with Crippen molar-refractivity contribution in [1.29, 1.82) is 0 Å². The minimum Gasteiger partial charge on any atom is -0.326 e. The van der Waals surface area contributed by atoms with E-state index in [2.05, 4.69) is 4.98 Å². The second-order valence-electron chi connectivity index (χ2n) is 4.64. The highest BCUT2D eigenvalue weighted by Gasteiger charge is 2.18. The Balaban J connectivity index is 2.55. The largest absolute Gasteiger partial charge is 0.326 e. The molecule has 1 aromatic heterocycles. The predicted octanol–water partition coefficient (Wildman–Crippen LogP) is 3.24. The fraction of sp³-hybridized carbons (Fsp3) is 0.462. The zero-order chi connectivity index (χ0) is 14.2. The summed E-state index contributed by atoms with van der Waals surface area (Å²) in [6.07, 6.45) is 1.67. The van der Waals surface area contributed by atoms with Gasteiger partial charge in [0.15, 0.2) is 0 Å². The molecule has 6 heteroatoms. The van der Waals surface area contributed by atoms with Crippen LogP contribution in [-0.4, -0.2) is 25.3 Å². The molecule has 0 spiro atoms. The molecular formula is C13H16ClFN2OS. The molecule has 3 atom stereocenters. The maximum atomic E-state index is 13.2. The molecule has 0 N–H and O–H groups in total. The van der Waals surface area contributed by atoms with Crippen molar-refractivity contribution in [3.8, 4) is 0 Å². The molecule has 0 bridgehead atoms. The lowest BCUT2D eigenvalue weighted by Gasteiger charge is -2.14. The fourth-order valence-electron chi connectivity index (χ4n) is 1.98. The molecule has 0 aliphatic carbocycles. The van der Waals surface area contributed by atoms with Gasteiger partial charge in [-0.25, -0.2) is 9.37 Å². The quantitative estimate of drug-likeness (QED) is 0.813. The molecule has 3 unspecified atom stereocenters. The summed E-state index contributed by atoms with van der Waals surface area (Å²) in [7, 11) is -0.930. The van der Waals surface area contributed by atoms with Crippen LogP contribution in [0.15, 0.2) is 18.2 Å². The molecule has 2 aromatic rings. The normalized spacial score (nSPS) is 16.5. The van der Waals surface area contributed by atoms with Gasteiger partial charge < -0.3 is 4.57 Å². The molecule has 0 aliphatic heterocycles. The second kappa shape index (κ2) is 5.59. The van der Waals surface area contributed by atoms with E-state index in [1.54, 1.807) is 12.3 Å². The van der Waals surface area contributed by atoms with E-state index in [9.17, 15) is 8.60 Å². The van der Waals surface area contributed by atoms with Crippen molar-refractivity contribution in [2.45, 2.75) is 31.0 Å². The first-order chi connectivity index (χ1) is 8.90. The molecule has 0 fully saturated rings. The van der Waals surface area contributed by atoms with Gasteiger partial charge in [-0.05, 0) is 26.0 Å². The van der Waals surface area contributed by atoms with Gasteiger partial charge in [0, 0.05) is 34.9 Å². The maximum absolute atomic E-state index is 13.2. The third-order valence-corrected chi connectivity index (χ3v) is 4.58. The fourth-order valence-corrected chi connectivity index (χ4v) is 2.50. The lowest BCUT2D eigenvalue weighted by atomic mass is 10.3. The van der Waals surface area contributed by atoms with E-state index in [0.29, 0.717) is 17.9 Å². The summed E-state index contributed by atoms with van der Waals surface area (Å²) < 4.78 is 26.7. The van der Waals surface area contributed by atoms with Gasteiger partial charge in [-0.15, -0.1) is 11.6 Å². The Bertz CT molecular complexity index is 626. The van der Waals surface area contributed by atoms with Crippen LogP contribution in [0.1, 0.15) is 25.0 Å². The first kappa shape index (κ1) is 14.5.